The number of anilines is 1. The number of rotatable bonds is 8. The molecule has 8 heteroatoms. The number of ether oxygens (including phenoxy) is 4. The van der Waals surface area contributed by atoms with Crippen molar-refractivity contribution in [1.82, 2.24) is 0 Å². The van der Waals surface area contributed by atoms with Crippen LogP contribution in [-0.4, -0.2) is 38.1 Å². The summed E-state index contributed by atoms with van der Waals surface area (Å²) in [6, 6.07) is 10.6. The van der Waals surface area contributed by atoms with Crippen molar-refractivity contribution in [3.63, 3.8) is 0 Å². The lowest BCUT2D eigenvalue weighted by Crippen LogP contribution is -2.16. The quantitative estimate of drug-likeness (QED) is 0.657. The summed E-state index contributed by atoms with van der Waals surface area (Å²) in [7, 11) is 1.59. The van der Waals surface area contributed by atoms with Crippen molar-refractivity contribution in [2.24, 2.45) is 0 Å². The van der Waals surface area contributed by atoms with E-state index in [0.29, 0.717) is 36.0 Å². The number of carbonyl (C=O) groups excluding carboxylic acids is 2. The van der Waals surface area contributed by atoms with Gasteiger partial charge in [0.1, 0.15) is 11.5 Å². The zero-order chi connectivity index (χ0) is 20.6. The van der Waals surface area contributed by atoms with Crippen molar-refractivity contribution in [3.8, 4) is 11.5 Å². The third kappa shape index (κ3) is 5.65. The molecule has 2 aromatic carbocycles. The number of carbonyl (C=O) groups is 2. The fourth-order valence-corrected chi connectivity index (χ4v) is 3.66. The predicted molar refractivity (Wildman–Crippen MR) is 110 cm³/mol. The third-order valence-corrected chi connectivity index (χ3v) is 5.14. The van der Waals surface area contributed by atoms with Gasteiger partial charge in [0.2, 0.25) is 5.91 Å². The van der Waals surface area contributed by atoms with Gasteiger partial charge in [-0.15, -0.1) is 11.8 Å². The Morgan fingerprint density at radius 3 is 2.72 bits per heavy atom. The van der Waals surface area contributed by atoms with E-state index in [0.717, 1.165) is 16.9 Å². The Bertz CT molecular complexity index is 868. The Kier molecular flexibility index (Phi) is 7.37. The Hall–Kier alpha value is -2.71. The second-order valence-electron chi connectivity index (χ2n) is 6.22. The van der Waals surface area contributed by atoms with E-state index < -0.39 is 0 Å². The summed E-state index contributed by atoms with van der Waals surface area (Å²) in [5.41, 5.74) is 2.81. The smallest absolute Gasteiger partial charge is 0.338 e. The Morgan fingerprint density at radius 2 is 2.00 bits per heavy atom. The molecule has 2 aromatic rings. The number of amides is 1. The van der Waals surface area contributed by atoms with Gasteiger partial charge in [-0.2, -0.15) is 0 Å². The van der Waals surface area contributed by atoms with Crippen LogP contribution in [0.4, 0.5) is 5.69 Å². The van der Waals surface area contributed by atoms with Gasteiger partial charge in [-0.05, 0) is 43.3 Å². The van der Waals surface area contributed by atoms with E-state index in [1.54, 1.807) is 50.4 Å². The van der Waals surface area contributed by atoms with Crippen LogP contribution >= 0.6 is 11.8 Å². The second kappa shape index (κ2) is 10.2. The first-order valence-corrected chi connectivity index (χ1v) is 10.3. The zero-order valence-electron chi connectivity index (χ0n) is 16.4. The SMILES string of the molecule is CCOC(=O)c1cc2c(c(CSCC(=O)Nc3ccc(OC)cc3)c1)OCOC2. The van der Waals surface area contributed by atoms with Crippen LogP contribution in [0, 0.1) is 0 Å². The van der Waals surface area contributed by atoms with Gasteiger partial charge in [-0.3, -0.25) is 4.79 Å². The lowest BCUT2D eigenvalue weighted by molar-refractivity contribution is -0.113. The standard InChI is InChI=1S/C21H23NO6S/c1-3-27-21(24)14-8-15-10-26-13-28-20(15)16(9-14)11-29-12-19(23)22-17-4-6-18(25-2)7-5-17/h4-9H,3,10-13H2,1-2H3,(H,22,23). The van der Waals surface area contributed by atoms with Crippen LogP contribution in [0.3, 0.4) is 0 Å². The molecule has 1 N–H and O–H groups in total. The maximum absolute atomic E-state index is 12.2. The summed E-state index contributed by atoms with van der Waals surface area (Å²) >= 11 is 1.44. The van der Waals surface area contributed by atoms with Gasteiger partial charge in [-0.1, -0.05) is 0 Å². The van der Waals surface area contributed by atoms with E-state index in [1.165, 1.54) is 11.8 Å². The molecule has 0 saturated carbocycles. The number of fused-ring (bicyclic) bond motifs is 1. The van der Waals surface area contributed by atoms with Crippen molar-refractivity contribution in [2.75, 3.05) is 31.6 Å². The van der Waals surface area contributed by atoms with Gasteiger partial charge < -0.3 is 24.3 Å². The van der Waals surface area contributed by atoms with Crippen molar-refractivity contribution in [3.05, 3.63) is 53.1 Å². The van der Waals surface area contributed by atoms with E-state index in [-0.39, 0.29) is 24.4 Å². The summed E-state index contributed by atoms with van der Waals surface area (Å²) in [6.07, 6.45) is 0. The van der Waals surface area contributed by atoms with Crippen molar-refractivity contribution >= 4 is 29.3 Å². The lowest BCUT2D eigenvalue weighted by Gasteiger charge is -2.21. The number of hydrogen-bond acceptors (Lipinski definition) is 7. The summed E-state index contributed by atoms with van der Waals surface area (Å²) < 4.78 is 21.1. The maximum Gasteiger partial charge on any atom is 0.338 e. The number of thioether (sulfide) groups is 1. The van der Waals surface area contributed by atoms with Crippen LogP contribution in [0.25, 0.3) is 0 Å². The predicted octanol–water partition coefficient (Wildman–Crippen LogP) is 3.61. The maximum atomic E-state index is 12.2. The minimum absolute atomic E-state index is 0.111. The molecule has 1 aliphatic heterocycles. The summed E-state index contributed by atoms with van der Waals surface area (Å²) in [5, 5.41) is 2.85. The molecule has 154 valence electrons. The largest absolute Gasteiger partial charge is 0.497 e. The first kappa shape index (κ1) is 21.0. The van der Waals surface area contributed by atoms with E-state index in [1.807, 2.05) is 0 Å². The van der Waals surface area contributed by atoms with Gasteiger partial charge in [0.05, 0.1) is 31.6 Å². The highest BCUT2D eigenvalue weighted by Gasteiger charge is 2.20. The van der Waals surface area contributed by atoms with E-state index in [2.05, 4.69) is 5.32 Å². The highest BCUT2D eigenvalue weighted by molar-refractivity contribution is 7.99. The second-order valence-corrected chi connectivity index (χ2v) is 7.21. The van der Waals surface area contributed by atoms with Gasteiger partial charge in [0.15, 0.2) is 6.79 Å². The fraction of sp³-hybridized carbons (Fsp3) is 0.333. The minimum Gasteiger partial charge on any atom is -0.497 e. The number of hydrogen-bond donors (Lipinski definition) is 1. The summed E-state index contributed by atoms with van der Waals surface area (Å²) in [4.78, 5) is 24.3. The van der Waals surface area contributed by atoms with Crippen molar-refractivity contribution < 1.29 is 28.5 Å². The first-order chi connectivity index (χ1) is 14.1. The van der Waals surface area contributed by atoms with Crippen LogP contribution in [0.1, 0.15) is 28.4 Å². The highest BCUT2D eigenvalue weighted by atomic mass is 32.2. The molecule has 3 rings (SSSR count). The average Bonchev–Trinajstić information content (AvgIpc) is 2.74. The molecule has 0 saturated heterocycles. The van der Waals surface area contributed by atoms with Gasteiger partial charge in [0.25, 0.3) is 0 Å². The number of esters is 1. The number of nitrogens with one attached hydrogen (secondary N) is 1. The molecule has 0 aromatic heterocycles. The molecule has 1 heterocycles. The fourth-order valence-electron chi connectivity index (χ4n) is 2.86. The molecule has 1 amide bonds. The van der Waals surface area contributed by atoms with Crippen molar-refractivity contribution in [2.45, 2.75) is 19.3 Å². The zero-order valence-corrected chi connectivity index (χ0v) is 17.2. The Morgan fingerprint density at radius 1 is 1.21 bits per heavy atom. The normalized spacial score (nSPS) is 12.5. The summed E-state index contributed by atoms with van der Waals surface area (Å²) in [6.45, 7) is 2.61. The monoisotopic (exact) mass is 417 g/mol. The summed E-state index contributed by atoms with van der Waals surface area (Å²) in [5.74, 6) is 1.73. The molecule has 0 unspecified atom stereocenters. The molecule has 0 spiro atoms. The first-order valence-electron chi connectivity index (χ1n) is 9.15. The molecule has 0 aliphatic carbocycles. The molecule has 29 heavy (non-hydrogen) atoms. The molecular weight excluding hydrogens is 394 g/mol. The Balaban J connectivity index is 1.62. The van der Waals surface area contributed by atoms with Crippen molar-refractivity contribution in [1.29, 1.82) is 0 Å². The van der Waals surface area contributed by atoms with Gasteiger partial charge in [-0.25, -0.2) is 4.79 Å². The van der Waals surface area contributed by atoms with Crippen LogP contribution in [0.5, 0.6) is 11.5 Å². The molecule has 0 radical (unpaired) electrons. The molecule has 7 nitrogen and oxygen atoms in total. The molecule has 0 bridgehead atoms. The topological polar surface area (TPSA) is 83.1 Å². The van der Waals surface area contributed by atoms with E-state index in [4.69, 9.17) is 18.9 Å². The molecule has 0 atom stereocenters. The average molecular weight is 417 g/mol. The van der Waals surface area contributed by atoms with Crippen LogP contribution in [-0.2, 0) is 26.6 Å². The Labute approximate surface area is 173 Å². The van der Waals surface area contributed by atoms with Gasteiger partial charge in [0, 0.05) is 22.6 Å². The molecule has 1 aliphatic rings. The van der Waals surface area contributed by atoms with Crippen LogP contribution in [0.15, 0.2) is 36.4 Å². The van der Waals surface area contributed by atoms with E-state index >= 15 is 0 Å². The van der Waals surface area contributed by atoms with Crippen LogP contribution in [0.2, 0.25) is 0 Å². The third-order valence-electron chi connectivity index (χ3n) is 4.16. The van der Waals surface area contributed by atoms with Crippen LogP contribution < -0.4 is 14.8 Å². The molecule has 0 fully saturated rings. The van der Waals surface area contributed by atoms with E-state index in [9.17, 15) is 9.59 Å². The number of methoxy groups -OCH3 is 1. The lowest BCUT2D eigenvalue weighted by atomic mass is 10.0. The highest BCUT2D eigenvalue weighted by Crippen LogP contribution is 2.32. The number of benzene rings is 2. The molecular formula is C21H23NO6S. The van der Waals surface area contributed by atoms with Gasteiger partial charge >= 0.3 is 5.97 Å². The minimum atomic E-state index is -0.385.